The fraction of sp³-hybridized carbons (Fsp3) is 0.588. The second-order valence-electron chi connectivity index (χ2n) is 5.10. The van der Waals surface area contributed by atoms with Crippen molar-refractivity contribution in [3.8, 4) is 0 Å². The monoisotopic (exact) mass is 498 g/mol. The first-order valence-electron chi connectivity index (χ1n) is 6.98. The van der Waals surface area contributed by atoms with Gasteiger partial charge in [0.2, 0.25) is 0 Å². The zero-order valence-corrected chi connectivity index (χ0v) is 18.7. The minimum Gasteiger partial charge on any atom is -0.0767 e. The Morgan fingerprint density at radius 2 is 1.15 bits per heavy atom. The van der Waals surface area contributed by atoms with E-state index in [2.05, 4.69) is 45.7 Å². The smallest absolute Gasteiger partial charge is 0.00506 e. The van der Waals surface area contributed by atoms with Crippen LogP contribution >= 0.6 is 7.92 Å². The summed E-state index contributed by atoms with van der Waals surface area (Å²) in [4.78, 5) is 0. The molecule has 0 unspecified atom stereocenters. The second kappa shape index (κ2) is 18.1. The van der Waals surface area contributed by atoms with Gasteiger partial charge in [0.15, 0.2) is 0 Å². The molecule has 1 rings (SSSR count). The normalized spacial score (nSPS) is 12.6. The number of rotatable bonds is 3. The van der Waals surface area contributed by atoms with Crippen molar-refractivity contribution in [2.75, 3.05) is 0 Å². The van der Waals surface area contributed by atoms with Gasteiger partial charge in [-0.3, -0.25) is 0 Å². The van der Waals surface area contributed by atoms with Crippen LogP contribution in [0.4, 0.5) is 0 Å². The molecular weight excluding hydrogens is 466 g/mol. The molecule has 0 aromatic heterocycles. The van der Waals surface area contributed by atoms with Gasteiger partial charge in [0.25, 0.3) is 0 Å². The summed E-state index contributed by atoms with van der Waals surface area (Å²) in [5, 5.41) is 0. The molecule has 0 saturated carbocycles. The Kier molecular flexibility index (Phi) is 23.5. The quantitative estimate of drug-likeness (QED) is 0.275. The maximum absolute atomic E-state index is 2.82. The first kappa shape index (κ1) is 26.0. The minimum absolute atomic E-state index is 0. The molecule has 0 bridgehead atoms. The van der Waals surface area contributed by atoms with Gasteiger partial charge in [0.05, 0.1) is 0 Å². The van der Waals surface area contributed by atoms with Crippen LogP contribution in [0.5, 0.6) is 0 Å². The molecule has 3 heteroatoms. The van der Waals surface area contributed by atoms with Crippen molar-refractivity contribution < 1.29 is 19.5 Å². The van der Waals surface area contributed by atoms with E-state index in [1.165, 1.54) is 0 Å². The zero-order valence-electron chi connectivity index (χ0n) is 13.9. The van der Waals surface area contributed by atoms with Crippen LogP contribution in [0.3, 0.4) is 0 Å². The molecule has 119 valence electrons. The van der Waals surface area contributed by atoms with Crippen molar-refractivity contribution >= 4 is 30.2 Å². The van der Waals surface area contributed by atoms with Crippen LogP contribution < -0.4 is 0 Å². The maximum atomic E-state index is 2.82. The third kappa shape index (κ3) is 17.1. The fourth-order valence-corrected chi connectivity index (χ4v) is 5.69. The van der Waals surface area contributed by atoms with Crippen LogP contribution in [0.15, 0.2) is 30.4 Å². The van der Waals surface area contributed by atoms with Crippen molar-refractivity contribution in [3.05, 3.63) is 40.9 Å². The van der Waals surface area contributed by atoms with Crippen LogP contribution in [-0.2, 0) is 19.5 Å². The summed E-state index contributed by atoms with van der Waals surface area (Å²) in [5.41, 5.74) is 2.69. The van der Waals surface area contributed by atoms with E-state index in [9.17, 15) is 0 Å². The Hall–Kier alpha value is 1.06. The fourth-order valence-electron chi connectivity index (χ4n) is 2.11. The standard InChI is InChI=1S/C9H21P.C5H5.C3H4Te.Rh/c1-7(2)10(8(3)4)9(5)6;1-2-4-5-3-1;1-2-3-4;/h7-9H,1-6H3;1-5H;2H,1H3;/q;;-1;. The molecule has 0 spiro atoms. The molecule has 0 heterocycles. The second-order valence-corrected chi connectivity index (χ2v) is 9.76. The van der Waals surface area contributed by atoms with E-state index in [0.29, 0.717) is 0 Å². The van der Waals surface area contributed by atoms with Crippen LogP contribution in [0, 0.1) is 10.5 Å². The van der Waals surface area contributed by atoms with E-state index in [1.54, 1.807) is 0 Å². The van der Waals surface area contributed by atoms with Gasteiger partial charge in [-0.05, 0) is 17.0 Å². The van der Waals surface area contributed by atoms with Crippen LogP contribution in [0.1, 0.15) is 48.5 Å². The molecule has 0 aliphatic heterocycles. The molecule has 0 amide bonds. The number of allylic oxidation sites excluding steroid dienone is 5. The average molecular weight is 496 g/mol. The van der Waals surface area contributed by atoms with Crippen molar-refractivity contribution in [3.63, 3.8) is 0 Å². The third-order valence-electron chi connectivity index (χ3n) is 2.46. The molecule has 20 heavy (non-hydrogen) atoms. The summed E-state index contributed by atoms with van der Waals surface area (Å²) in [6.07, 6.45) is 11.9. The molecule has 0 fully saturated rings. The predicted octanol–water partition coefficient (Wildman–Crippen LogP) is 5.50. The molecule has 1 aliphatic rings. The van der Waals surface area contributed by atoms with E-state index in [0.717, 1.165) is 17.0 Å². The van der Waals surface area contributed by atoms with E-state index in [1.807, 2.05) is 66.0 Å². The van der Waals surface area contributed by atoms with Gasteiger partial charge in [-0.15, -0.1) is 0 Å². The molecule has 0 saturated heterocycles. The topological polar surface area (TPSA) is 0 Å². The van der Waals surface area contributed by atoms with E-state index < -0.39 is 0 Å². The molecule has 0 aromatic carbocycles. The Morgan fingerprint density at radius 1 is 0.850 bits per heavy atom. The first-order chi connectivity index (χ1) is 8.88. The number of hydrogen-bond acceptors (Lipinski definition) is 0. The summed E-state index contributed by atoms with van der Waals surface area (Å²) in [6.45, 7) is 16.1. The Balaban J connectivity index is -0.000000242. The van der Waals surface area contributed by atoms with Gasteiger partial charge in [-0.2, -0.15) is 0 Å². The summed E-state index contributed by atoms with van der Waals surface area (Å²) in [5.74, 6) is 0. The van der Waals surface area contributed by atoms with Crippen molar-refractivity contribution in [2.45, 2.75) is 65.4 Å². The van der Waals surface area contributed by atoms with E-state index in [-0.39, 0.29) is 27.4 Å². The van der Waals surface area contributed by atoms with Gasteiger partial charge in [-0.25, -0.2) is 0 Å². The maximum Gasteiger partial charge on any atom is 0.00506 e. The average Bonchev–Trinajstić information content (AvgIpc) is 2.86. The summed E-state index contributed by atoms with van der Waals surface area (Å²) in [6, 6.07) is 0. The van der Waals surface area contributed by atoms with Crippen LogP contribution in [0.25, 0.3) is 0 Å². The van der Waals surface area contributed by atoms with Crippen molar-refractivity contribution in [2.24, 2.45) is 0 Å². The molecule has 0 aromatic rings. The van der Waals surface area contributed by atoms with E-state index in [4.69, 9.17) is 0 Å². The summed E-state index contributed by atoms with van der Waals surface area (Å²) < 4.78 is 2.82. The molecule has 3 radical (unpaired) electrons. The molecule has 0 atom stereocenters. The van der Waals surface area contributed by atoms with Gasteiger partial charge >= 0.3 is 39.4 Å². The van der Waals surface area contributed by atoms with Gasteiger partial charge in [-0.1, -0.05) is 73.8 Å². The van der Waals surface area contributed by atoms with E-state index >= 15 is 0 Å². The molecule has 1 aliphatic carbocycles. The third-order valence-corrected chi connectivity index (χ3v) is 6.71. The van der Waals surface area contributed by atoms with Crippen molar-refractivity contribution in [1.82, 2.24) is 0 Å². The molecular formula is C17H30PRhTe-. The van der Waals surface area contributed by atoms with Crippen LogP contribution in [-0.4, -0.2) is 39.3 Å². The Morgan fingerprint density at radius 3 is 1.20 bits per heavy atom. The largest absolute Gasteiger partial charge is 0.0767 e. The predicted molar refractivity (Wildman–Crippen MR) is 94.1 cm³/mol. The summed E-state index contributed by atoms with van der Waals surface area (Å²) >= 11 is 1.82. The molecule has 0 N–H and O–H groups in total. The zero-order chi connectivity index (χ0) is 15.3. The Labute approximate surface area is 155 Å². The molecule has 0 nitrogen and oxygen atoms in total. The first-order valence-corrected chi connectivity index (χ1v) is 9.69. The number of hydrogen-bond donors (Lipinski definition) is 0. The van der Waals surface area contributed by atoms with Gasteiger partial charge < -0.3 is 0 Å². The SMILES string of the molecule is CC(C)P(C(C)C)C(C)C.CC=[C-][Te].[CH]1C=CC=C1.[Rh]. The van der Waals surface area contributed by atoms with Crippen LogP contribution in [0.2, 0.25) is 0 Å². The van der Waals surface area contributed by atoms with Gasteiger partial charge in [0, 0.05) is 25.9 Å². The summed E-state index contributed by atoms with van der Waals surface area (Å²) in [7, 11) is 0.262. The van der Waals surface area contributed by atoms with Crippen molar-refractivity contribution in [1.29, 1.82) is 0 Å². The minimum atomic E-state index is 0. The Bertz CT molecular complexity index is 235. The van der Waals surface area contributed by atoms with Gasteiger partial charge in [0.1, 0.15) is 0 Å².